The molecule has 3 heterocycles. The number of carbonyl (C=O) groups excluding carboxylic acids is 2. The molecule has 8 nitrogen and oxygen atoms in total. The van der Waals surface area contributed by atoms with E-state index in [1.807, 2.05) is 30.3 Å². The highest BCUT2D eigenvalue weighted by molar-refractivity contribution is 7.07. The number of furan rings is 1. The zero-order valence-electron chi connectivity index (χ0n) is 21.9. The number of methoxy groups -OCH3 is 1. The van der Waals surface area contributed by atoms with Crippen molar-refractivity contribution in [3.8, 4) is 17.1 Å². The Morgan fingerprint density at radius 2 is 1.90 bits per heavy atom. The van der Waals surface area contributed by atoms with Gasteiger partial charge in [-0.25, -0.2) is 9.79 Å². The Labute approximate surface area is 228 Å². The lowest BCUT2D eigenvalue weighted by atomic mass is 9.95. The van der Waals surface area contributed by atoms with Gasteiger partial charge in [0.1, 0.15) is 17.3 Å². The highest BCUT2D eigenvalue weighted by Crippen LogP contribution is 2.32. The molecule has 1 atom stereocenters. The van der Waals surface area contributed by atoms with Crippen molar-refractivity contribution in [1.29, 1.82) is 0 Å². The maximum Gasteiger partial charge on any atom is 0.338 e. The predicted octanol–water partition coefficient (Wildman–Crippen LogP) is 4.27. The number of thiazole rings is 1. The highest BCUT2D eigenvalue weighted by Gasteiger charge is 2.33. The minimum Gasteiger partial charge on any atom is -0.497 e. The molecule has 2 aromatic heterocycles. The van der Waals surface area contributed by atoms with E-state index in [4.69, 9.17) is 13.9 Å². The molecule has 0 bridgehead atoms. The number of carbonyl (C=O) groups is 2. The summed E-state index contributed by atoms with van der Waals surface area (Å²) in [7, 11) is 1.56. The van der Waals surface area contributed by atoms with Gasteiger partial charge >= 0.3 is 5.97 Å². The van der Waals surface area contributed by atoms with E-state index in [-0.39, 0.29) is 17.9 Å². The largest absolute Gasteiger partial charge is 0.497 e. The molecule has 5 rings (SSSR count). The van der Waals surface area contributed by atoms with E-state index in [2.05, 4.69) is 4.99 Å². The molecule has 0 amide bonds. The van der Waals surface area contributed by atoms with Crippen LogP contribution in [-0.2, 0) is 9.53 Å². The van der Waals surface area contributed by atoms with E-state index < -0.39 is 12.0 Å². The average Bonchev–Trinajstić information content (AvgIpc) is 3.52. The Morgan fingerprint density at radius 3 is 2.59 bits per heavy atom. The summed E-state index contributed by atoms with van der Waals surface area (Å²) in [6.07, 6.45) is 1.67. The molecule has 0 fully saturated rings. The van der Waals surface area contributed by atoms with Gasteiger partial charge in [-0.3, -0.25) is 14.2 Å². The second-order valence-electron chi connectivity index (χ2n) is 8.91. The predicted molar refractivity (Wildman–Crippen MR) is 148 cm³/mol. The molecule has 39 heavy (non-hydrogen) atoms. The molecule has 9 heteroatoms. The summed E-state index contributed by atoms with van der Waals surface area (Å²) in [4.78, 5) is 43.4. The number of hydrogen-bond acceptors (Lipinski definition) is 8. The highest BCUT2D eigenvalue weighted by atomic mass is 32.1. The van der Waals surface area contributed by atoms with Gasteiger partial charge in [0.15, 0.2) is 10.6 Å². The van der Waals surface area contributed by atoms with Crippen LogP contribution in [-0.4, -0.2) is 30.0 Å². The van der Waals surface area contributed by atoms with Crippen LogP contribution in [0.2, 0.25) is 0 Å². The maximum atomic E-state index is 13.8. The van der Waals surface area contributed by atoms with Crippen molar-refractivity contribution in [2.45, 2.75) is 26.8 Å². The van der Waals surface area contributed by atoms with Crippen LogP contribution in [0.1, 0.15) is 48.5 Å². The van der Waals surface area contributed by atoms with E-state index in [0.29, 0.717) is 49.0 Å². The number of esters is 1. The lowest BCUT2D eigenvalue weighted by Crippen LogP contribution is -2.39. The van der Waals surface area contributed by atoms with E-state index in [0.717, 1.165) is 5.56 Å². The molecule has 0 spiro atoms. The third kappa shape index (κ3) is 5.00. The van der Waals surface area contributed by atoms with Gasteiger partial charge in [-0.05, 0) is 50.6 Å². The first-order valence-electron chi connectivity index (χ1n) is 12.4. The summed E-state index contributed by atoms with van der Waals surface area (Å²) in [6.45, 7) is 5.20. The smallest absolute Gasteiger partial charge is 0.338 e. The van der Waals surface area contributed by atoms with Gasteiger partial charge in [0.25, 0.3) is 5.56 Å². The van der Waals surface area contributed by atoms with Crippen LogP contribution in [0.3, 0.4) is 0 Å². The van der Waals surface area contributed by atoms with Gasteiger partial charge < -0.3 is 13.9 Å². The summed E-state index contributed by atoms with van der Waals surface area (Å²) < 4.78 is 18.7. The van der Waals surface area contributed by atoms with E-state index in [1.54, 1.807) is 57.4 Å². The Bertz CT molecular complexity index is 1790. The Hall–Kier alpha value is -4.50. The van der Waals surface area contributed by atoms with E-state index in [9.17, 15) is 14.4 Å². The Balaban J connectivity index is 1.60. The normalized spacial score (nSPS) is 15.1. The summed E-state index contributed by atoms with van der Waals surface area (Å²) in [5.41, 5.74) is 2.63. The van der Waals surface area contributed by atoms with Gasteiger partial charge in [-0.1, -0.05) is 47.7 Å². The third-order valence-electron chi connectivity index (χ3n) is 6.40. The summed E-state index contributed by atoms with van der Waals surface area (Å²) in [6, 6.07) is 17.3. The molecule has 1 aliphatic rings. The van der Waals surface area contributed by atoms with Crippen LogP contribution < -0.4 is 19.6 Å². The van der Waals surface area contributed by atoms with Crippen molar-refractivity contribution in [3.63, 3.8) is 0 Å². The fourth-order valence-electron chi connectivity index (χ4n) is 4.50. The average molecular weight is 543 g/mol. The fourth-order valence-corrected chi connectivity index (χ4v) is 5.53. The van der Waals surface area contributed by atoms with Gasteiger partial charge in [0.05, 0.1) is 35.6 Å². The van der Waals surface area contributed by atoms with Gasteiger partial charge in [-0.15, -0.1) is 0 Å². The number of ether oxygens (including phenoxy) is 2. The summed E-state index contributed by atoms with van der Waals surface area (Å²) in [5, 5.41) is 0. The van der Waals surface area contributed by atoms with Gasteiger partial charge in [-0.2, -0.15) is 0 Å². The molecule has 0 N–H and O–H groups in total. The van der Waals surface area contributed by atoms with Crippen LogP contribution in [0.4, 0.5) is 0 Å². The van der Waals surface area contributed by atoms with E-state index in [1.165, 1.54) is 22.8 Å². The molecular weight excluding hydrogens is 516 g/mol. The van der Waals surface area contributed by atoms with Crippen LogP contribution in [0.15, 0.2) is 86.1 Å². The van der Waals surface area contributed by atoms with Crippen molar-refractivity contribution in [3.05, 3.63) is 109 Å². The molecular formula is C30H26N2O6S. The van der Waals surface area contributed by atoms with Crippen LogP contribution in [0.5, 0.6) is 5.75 Å². The molecule has 0 saturated heterocycles. The number of benzene rings is 2. The number of aromatic nitrogens is 1. The Morgan fingerprint density at radius 1 is 1.13 bits per heavy atom. The van der Waals surface area contributed by atoms with Gasteiger partial charge in [0.2, 0.25) is 0 Å². The number of ketones is 1. The SMILES string of the molecule is CCOC(=O)C1=C(C)N=c2s/c(=C\c3ccc(-c4ccc(C(C)=O)cc4)o3)c(=O)n2[C@H]1c1cccc(OC)c1. The van der Waals surface area contributed by atoms with Crippen LogP contribution in [0.25, 0.3) is 17.4 Å². The topological polar surface area (TPSA) is 100 Å². The minimum atomic E-state index is -0.732. The molecule has 0 aliphatic carbocycles. The Kier molecular flexibility index (Phi) is 7.17. The molecule has 2 aromatic carbocycles. The molecule has 0 radical (unpaired) electrons. The second-order valence-corrected chi connectivity index (χ2v) is 9.92. The van der Waals surface area contributed by atoms with Crippen molar-refractivity contribution in [1.82, 2.24) is 4.57 Å². The monoisotopic (exact) mass is 542 g/mol. The number of fused-ring (bicyclic) bond motifs is 1. The number of hydrogen-bond donors (Lipinski definition) is 0. The van der Waals surface area contributed by atoms with Crippen molar-refractivity contribution in [2.75, 3.05) is 13.7 Å². The third-order valence-corrected chi connectivity index (χ3v) is 7.39. The first-order chi connectivity index (χ1) is 18.8. The van der Waals surface area contributed by atoms with Crippen LogP contribution in [0, 0.1) is 0 Å². The first-order valence-corrected chi connectivity index (χ1v) is 13.2. The summed E-state index contributed by atoms with van der Waals surface area (Å²) in [5.74, 6) is 1.17. The van der Waals surface area contributed by atoms with Crippen LogP contribution >= 0.6 is 11.3 Å². The molecule has 0 unspecified atom stereocenters. The molecule has 0 saturated carbocycles. The minimum absolute atomic E-state index is 0.00865. The van der Waals surface area contributed by atoms with Crippen molar-refractivity contribution >= 4 is 29.2 Å². The van der Waals surface area contributed by atoms with Crippen molar-refractivity contribution < 1.29 is 23.5 Å². The van der Waals surface area contributed by atoms with E-state index >= 15 is 0 Å². The molecule has 1 aliphatic heterocycles. The zero-order chi connectivity index (χ0) is 27.7. The van der Waals surface area contributed by atoms with Crippen molar-refractivity contribution in [2.24, 2.45) is 4.99 Å². The molecule has 198 valence electrons. The first kappa shape index (κ1) is 26.1. The quantitative estimate of drug-likeness (QED) is 0.255. The lowest BCUT2D eigenvalue weighted by Gasteiger charge is -2.24. The zero-order valence-corrected chi connectivity index (χ0v) is 22.7. The maximum absolute atomic E-state index is 13.8. The lowest BCUT2D eigenvalue weighted by molar-refractivity contribution is -0.139. The number of Topliss-reactive ketones (excluding diaryl/α,β-unsaturated/α-hetero) is 1. The second kappa shape index (κ2) is 10.7. The molecule has 4 aromatic rings. The standard InChI is InChI=1S/C30H26N2O6S/c1-5-37-29(35)26-17(2)31-30-32(27(26)21-7-6-8-22(15-21)36-4)28(34)25(39-30)16-23-13-14-24(38-23)20-11-9-19(10-12-20)18(3)33/h6-16,27H,5H2,1-4H3/b25-16-/t27-/m0/s1. The fraction of sp³-hybridized carbons (Fsp3) is 0.200. The number of allylic oxidation sites excluding steroid dienone is 1. The number of nitrogens with zero attached hydrogens (tertiary/aromatic N) is 2. The number of rotatable bonds is 7. The summed E-state index contributed by atoms with van der Waals surface area (Å²) >= 11 is 1.22. The van der Waals surface area contributed by atoms with Gasteiger partial charge in [0, 0.05) is 17.2 Å².